The van der Waals surface area contributed by atoms with E-state index in [0.717, 1.165) is 14.5 Å². The van der Waals surface area contributed by atoms with E-state index in [4.69, 9.17) is 4.52 Å². The Labute approximate surface area is 160 Å². The third kappa shape index (κ3) is 3.91. The number of hydrogen-bond acceptors (Lipinski definition) is 4. The molecule has 0 spiro atoms. The number of benzene rings is 2. The van der Waals surface area contributed by atoms with Crippen molar-refractivity contribution in [2.75, 3.05) is 5.32 Å². The lowest BCUT2D eigenvalue weighted by atomic mass is 10.2. The predicted octanol–water partition coefficient (Wildman–Crippen LogP) is 3.98. The standard InChI is InChI=1S/C17H13Br2N3O3/c1-10-7-12(18)15(13(19)8-10)20-14(23)9-22-16(21-25-17(22)24)11-5-3-2-4-6-11/h2-8H,9H2,1H3,(H,20,23). The van der Waals surface area contributed by atoms with Gasteiger partial charge in [0.2, 0.25) is 5.91 Å². The molecular weight excluding hydrogens is 454 g/mol. The van der Waals surface area contributed by atoms with Crippen molar-refractivity contribution in [2.24, 2.45) is 0 Å². The van der Waals surface area contributed by atoms with E-state index in [2.05, 4.69) is 42.3 Å². The number of halogens is 2. The Kier molecular flexibility index (Phi) is 5.19. The molecule has 128 valence electrons. The summed E-state index contributed by atoms with van der Waals surface area (Å²) in [5, 5.41) is 6.56. The lowest BCUT2D eigenvalue weighted by Crippen LogP contribution is -2.25. The molecule has 8 heteroatoms. The average Bonchev–Trinajstić information content (AvgIpc) is 2.92. The van der Waals surface area contributed by atoms with E-state index >= 15 is 0 Å². The van der Waals surface area contributed by atoms with Crippen LogP contribution in [0.15, 0.2) is 60.7 Å². The van der Waals surface area contributed by atoms with Gasteiger partial charge in [0.15, 0.2) is 5.82 Å². The van der Waals surface area contributed by atoms with Crippen LogP contribution in [0.3, 0.4) is 0 Å². The van der Waals surface area contributed by atoms with Crippen molar-refractivity contribution in [3.63, 3.8) is 0 Å². The fourth-order valence-electron chi connectivity index (χ4n) is 2.34. The molecule has 3 rings (SSSR count). The molecule has 1 amide bonds. The van der Waals surface area contributed by atoms with Crippen molar-refractivity contribution in [2.45, 2.75) is 13.5 Å². The molecule has 0 atom stereocenters. The molecule has 0 aliphatic heterocycles. The van der Waals surface area contributed by atoms with Crippen LogP contribution in [0.5, 0.6) is 0 Å². The second-order valence-corrected chi connectivity index (χ2v) is 7.08. The summed E-state index contributed by atoms with van der Waals surface area (Å²) in [4.78, 5) is 24.3. The SMILES string of the molecule is Cc1cc(Br)c(NC(=O)Cn2c(-c3ccccc3)noc2=O)c(Br)c1. The monoisotopic (exact) mass is 465 g/mol. The van der Waals surface area contributed by atoms with E-state index in [9.17, 15) is 9.59 Å². The minimum atomic E-state index is -0.684. The van der Waals surface area contributed by atoms with Gasteiger partial charge in [-0.3, -0.25) is 9.32 Å². The Bertz CT molecular complexity index is 957. The van der Waals surface area contributed by atoms with Gasteiger partial charge in [0.05, 0.1) is 5.69 Å². The van der Waals surface area contributed by atoms with Crippen LogP contribution >= 0.6 is 31.9 Å². The van der Waals surface area contributed by atoms with Gasteiger partial charge in [-0.05, 0) is 56.5 Å². The number of rotatable bonds is 4. The van der Waals surface area contributed by atoms with Gasteiger partial charge < -0.3 is 5.32 Å². The Morgan fingerprint density at radius 3 is 2.48 bits per heavy atom. The van der Waals surface area contributed by atoms with Crippen LogP contribution in [0.1, 0.15) is 5.56 Å². The largest absolute Gasteiger partial charge is 0.442 e. The minimum absolute atomic E-state index is 0.209. The van der Waals surface area contributed by atoms with Gasteiger partial charge in [-0.1, -0.05) is 35.5 Å². The van der Waals surface area contributed by atoms with E-state index in [1.54, 1.807) is 12.1 Å². The quantitative estimate of drug-likeness (QED) is 0.630. The molecule has 0 saturated heterocycles. The van der Waals surface area contributed by atoms with Gasteiger partial charge in [-0.15, -0.1) is 0 Å². The highest BCUT2D eigenvalue weighted by molar-refractivity contribution is 9.11. The molecule has 0 unspecified atom stereocenters. The number of amides is 1. The average molecular weight is 467 g/mol. The predicted molar refractivity (Wildman–Crippen MR) is 101 cm³/mol. The summed E-state index contributed by atoms with van der Waals surface area (Å²) in [5.41, 5.74) is 2.33. The highest BCUT2D eigenvalue weighted by Crippen LogP contribution is 2.32. The summed E-state index contributed by atoms with van der Waals surface area (Å²) >= 11 is 6.85. The Hall–Kier alpha value is -2.19. The first kappa shape index (κ1) is 17.6. The van der Waals surface area contributed by atoms with Crippen LogP contribution in [-0.4, -0.2) is 15.6 Å². The topological polar surface area (TPSA) is 77.1 Å². The highest BCUT2D eigenvalue weighted by atomic mass is 79.9. The van der Waals surface area contributed by atoms with E-state index in [-0.39, 0.29) is 12.5 Å². The third-order valence-electron chi connectivity index (χ3n) is 3.47. The fraction of sp³-hybridized carbons (Fsp3) is 0.118. The van der Waals surface area contributed by atoms with Crippen molar-refractivity contribution < 1.29 is 9.32 Å². The summed E-state index contributed by atoms with van der Waals surface area (Å²) in [6, 6.07) is 12.9. The molecule has 0 aliphatic carbocycles. The molecule has 2 aromatic carbocycles. The zero-order chi connectivity index (χ0) is 18.0. The summed E-state index contributed by atoms with van der Waals surface area (Å²) in [6.45, 7) is 1.74. The van der Waals surface area contributed by atoms with Crippen LogP contribution in [0.4, 0.5) is 5.69 Å². The molecule has 0 saturated carbocycles. The molecule has 1 aromatic heterocycles. The van der Waals surface area contributed by atoms with Crippen molar-refractivity contribution >= 4 is 43.5 Å². The number of aromatic nitrogens is 2. The van der Waals surface area contributed by atoms with E-state index in [1.165, 1.54) is 4.57 Å². The molecule has 1 N–H and O–H groups in total. The molecular formula is C17H13Br2N3O3. The second-order valence-electron chi connectivity index (χ2n) is 5.38. The van der Waals surface area contributed by atoms with Gasteiger partial charge in [0.25, 0.3) is 0 Å². The minimum Gasteiger partial charge on any atom is -0.323 e. The van der Waals surface area contributed by atoms with Crippen molar-refractivity contribution in [1.82, 2.24) is 9.72 Å². The molecule has 0 fully saturated rings. The lowest BCUT2D eigenvalue weighted by Gasteiger charge is -2.11. The van der Waals surface area contributed by atoms with Crippen LogP contribution in [0, 0.1) is 6.92 Å². The lowest BCUT2D eigenvalue weighted by molar-refractivity contribution is -0.116. The van der Waals surface area contributed by atoms with Crippen molar-refractivity contribution in [1.29, 1.82) is 0 Å². The van der Waals surface area contributed by atoms with E-state index in [1.807, 2.05) is 37.3 Å². The van der Waals surface area contributed by atoms with Crippen LogP contribution in [-0.2, 0) is 11.3 Å². The molecule has 3 aromatic rings. The van der Waals surface area contributed by atoms with E-state index < -0.39 is 5.76 Å². The zero-order valence-electron chi connectivity index (χ0n) is 13.1. The third-order valence-corrected chi connectivity index (χ3v) is 4.72. The van der Waals surface area contributed by atoms with Gasteiger partial charge in [0.1, 0.15) is 6.54 Å². The van der Waals surface area contributed by atoms with Crippen molar-refractivity contribution in [3.8, 4) is 11.4 Å². The summed E-state index contributed by atoms with van der Waals surface area (Å²) in [6.07, 6.45) is 0. The first-order chi connectivity index (χ1) is 12.0. The van der Waals surface area contributed by atoms with Crippen molar-refractivity contribution in [3.05, 3.63) is 67.5 Å². The maximum atomic E-state index is 12.4. The van der Waals surface area contributed by atoms with Gasteiger partial charge in [-0.25, -0.2) is 9.36 Å². The van der Waals surface area contributed by atoms with Crippen LogP contribution in [0.2, 0.25) is 0 Å². The number of hydrogen-bond donors (Lipinski definition) is 1. The number of anilines is 1. The number of carbonyl (C=O) groups excluding carboxylic acids is 1. The van der Waals surface area contributed by atoms with Crippen LogP contribution in [0.25, 0.3) is 11.4 Å². The van der Waals surface area contributed by atoms with Gasteiger partial charge in [-0.2, -0.15) is 0 Å². The van der Waals surface area contributed by atoms with Gasteiger partial charge >= 0.3 is 5.76 Å². The summed E-state index contributed by atoms with van der Waals surface area (Å²) in [7, 11) is 0. The normalized spacial score (nSPS) is 10.7. The highest BCUT2D eigenvalue weighted by Gasteiger charge is 2.17. The molecule has 1 heterocycles. The Balaban J connectivity index is 1.86. The molecule has 25 heavy (non-hydrogen) atoms. The second kappa shape index (κ2) is 7.37. The summed E-state index contributed by atoms with van der Waals surface area (Å²) in [5.74, 6) is -0.744. The summed E-state index contributed by atoms with van der Waals surface area (Å²) < 4.78 is 7.41. The van der Waals surface area contributed by atoms with E-state index in [0.29, 0.717) is 17.1 Å². The molecule has 0 aliphatic rings. The molecule has 0 bridgehead atoms. The maximum absolute atomic E-state index is 12.4. The Morgan fingerprint density at radius 2 is 1.84 bits per heavy atom. The smallest absolute Gasteiger partial charge is 0.323 e. The van der Waals surface area contributed by atoms with Crippen LogP contribution < -0.4 is 11.1 Å². The Morgan fingerprint density at radius 1 is 1.20 bits per heavy atom. The molecule has 0 radical (unpaired) electrons. The first-order valence-corrected chi connectivity index (χ1v) is 8.91. The first-order valence-electron chi connectivity index (χ1n) is 7.33. The maximum Gasteiger partial charge on any atom is 0.442 e. The zero-order valence-corrected chi connectivity index (χ0v) is 16.3. The van der Waals surface area contributed by atoms with Gasteiger partial charge in [0, 0.05) is 14.5 Å². The number of nitrogens with one attached hydrogen (secondary N) is 1. The molecule has 6 nitrogen and oxygen atoms in total. The number of carbonyl (C=O) groups is 1. The fourth-order valence-corrected chi connectivity index (χ4v) is 3.96. The number of aryl methyl sites for hydroxylation is 1. The number of nitrogens with zero attached hydrogens (tertiary/aromatic N) is 2.